The van der Waals surface area contributed by atoms with Crippen LogP contribution in [0.3, 0.4) is 0 Å². The predicted octanol–water partition coefficient (Wildman–Crippen LogP) is -0.0714. The molecule has 0 aromatic carbocycles. The van der Waals surface area contributed by atoms with Crippen LogP contribution < -0.4 is 5.32 Å². The Bertz CT molecular complexity index is 510. The van der Waals surface area contributed by atoms with Gasteiger partial charge in [-0.2, -0.15) is 9.40 Å². The van der Waals surface area contributed by atoms with Gasteiger partial charge in [-0.05, 0) is 12.8 Å². The summed E-state index contributed by atoms with van der Waals surface area (Å²) in [5.41, 5.74) is 0.677. The molecule has 0 spiro atoms. The lowest BCUT2D eigenvalue weighted by Crippen LogP contribution is -2.31. The van der Waals surface area contributed by atoms with Gasteiger partial charge in [0.05, 0.1) is 12.8 Å². The molecule has 1 fully saturated rings. The number of likely N-dealkylation sites (N-methyl/N-ethyl adjacent to an activating group) is 1. The molecule has 0 bridgehead atoms. The lowest BCUT2D eigenvalue weighted by molar-refractivity contribution is 0.185. The van der Waals surface area contributed by atoms with Crippen molar-refractivity contribution in [3.63, 3.8) is 0 Å². The van der Waals surface area contributed by atoms with Crippen LogP contribution in [0.25, 0.3) is 0 Å². The molecule has 1 heterocycles. The molecule has 8 heteroatoms. The van der Waals surface area contributed by atoms with Gasteiger partial charge in [-0.1, -0.05) is 0 Å². The smallest absolute Gasteiger partial charge is 0.260 e. The second-order valence-electron chi connectivity index (χ2n) is 4.70. The van der Waals surface area contributed by atoms with E-state index in [1.54, 1.807) is 13.3 Å². The summed E-state index contributed by atoms with van der Waals surface area (Å²) in [6.45, 7) is 1.20. The maximum absolute atomic E-state index is 12.4. The highest BCUT2D eigenvalue weighted by atomic mass is 32.2. The number of aromatic amines is 1. The van der Waals surface area contributed by atoms with E-state index in [9.17, 15) is 8.42 Å². The second-order valence-corrected chi connectivity index (χ2v) is 6.68. The standard InChI is InChI=1S/C11H20N4O3S/c1-15(5-6-18-2)19(16,17)11-9(8-13-14-11)7-12-10-3-4-10/h8,10,12H,3-7H2,1-2H3,(H,13,14). The van der Waals surface area contributed by atoms with E-state index in [0.717, 1.165) is 12.8 Å². The first-order chi connectivity index (χ1) is 9.05. The van der Waals surface area contributed by atoms with Gasteiger partial charge in [0.1, 0.15) is 0 Å². The molecule has 1 aromatic rings. The first kappa shape index (κ1) is 14.4. The van der Waals surface area contributed by atoms with E-state index >= 15 is 0 Å². The Balaban J connectivity index is 2.08. The van der Waals surface area contributed by atoms with Gasteiger partial charge in [0.2, 0.25) is 0 Å². The second kappa shape index (κ2) is 6.00. The Hall–Kier alpha value is -0.960. The fraction of sp³-hybridized carbons (Fsp3) is 0.727. The van der Waals surface area contributed by atoms with Crippen molar-refractivity contribution in [1.29, 1.82) is 0 Å². The highest BCUT2D eigenvalue weighted by Gasteiger charge is 2.27. The molecule has 0 aliphatic heterocycles. The summed E-state index contributed by atoms with van der Waals surface area (Å²) in [5.74, 6) is 0. The van der Waals surface area contributed by atoms with Gasteiger partial charge in [-0.3, -0.25) is 5.10 Å². The third-order valence-corrected chi connectivity index (χ3v) is 4.99. The Labute approximate surface area is 113 Å². The van der Waals surface area contributed by atoms with Gasteiger partial charge in [0.25, 0.3) is 10.0 Å². The van der Waals surface area contributed by atoms with Crippen molar-refractivity contribution in [3.8, 4) is 0 Å². The molecule has 2 rings (SSSR count). The average Bonchev–Trinajstić information content (AvgIpc) is 3.09. The van der Waals surface area contributed by atoms with Crippen LogP contribution in [-0.4, -0.2) is 56.3 Å². The molecule has 108 valence electrons. The van der Waals surface area contributed by atoms with Crippen LogP contribution in [-0.2, 0) is 21.3 Å². The van der Waals surface area contributed by atoms with Crippen molar-refractivity contribution in [3.05, 3.63) is 11.8 Å². The maximum atomic E-state index is 12.4. The zero-order valence-corrected chi connectivity index (χ0v) is 12.0. The Morgan fingerprint density at radius 3 is 2.95 bits per heavy atom. The number of methoxy groups -OCH3 is 1. The van der Waals surface area contributed by atoms with E-state index in [2.05, 4.69) is 15.5 Å². The molecule has 0 radical (unpaired) electrons. The highest BCUT2D eigenvalue weighted by molar-refractivity contribution is 7.89. The van der Waals surface area contributed by atoms with Crippen LogP contribution in [0.2, 0.25) is 0 Å². The van der Waals surface area contributed by atoms with E-state index in [4.69, 9.17) is 4.74 Å². The SMILES string of the molecule is COCCN(C)S(=O)(=O)c1[nH]ncc1CNC1CC1. The van der Waals surface area contributed by atoms with E-state index in [0.29, 0.717) is 31.3 Å². The van der Waals surface area contributed by atoms with Gasteiger partial charge in [-0.15, -0.1) is 0 Å². The van der Waals surface area contributed by atoms with Gasteiger partial charge in [0.15, 0.2) is 5.03 Å². The number of rotatable bonds is 8. The Morgan fingerprint density at radius 2 is 2.32 bits per heavy atom. The number of aromatic nitrogens is 2. The zero-order chi connectivity index (χ0) is 13.9. The summed E-state index contributed by atoms with van der Waals surface area (Å²) in [7, 11) is -0.452. The van der Waals surface area contributed by atoms with Crippen molar-refractivity contribution in [2.75, 3.05) is 27.3 Å². The lowest BCUT2D eigenvalue weighted by atomic mass is 10.3. The van der Waals surface area contributed by atoms with E-state index < -0.39 is 10.0 Å². The van der Waals surface area contributed by atoms with Gasteiger partial charge in [-0.25, -0.2) is 8.42 Å². The van der Waals surface area contributed by atoms with Gasteiger partial charge in [0, 0.05) is 38.9 Å². The summed E-state index contributed by atoms with van der Waals surface area (Å²) in [5, 5.41) is 9.89. The highest BCUT2D eigenvalue weighted by Crippen LogP contribution is 2.21. The summed E-state index contributed by atoms with van der Waals surface area (Å²) in [4.78, 5) is 0. The summed E-state index contributed by atoms with van der Waals surface area (Å²) in [6, 6.07) is 0.525. The Kier molecular flexibility index (Phi) is 4.56. The first-order valence-corrected chi connectivity index (χ1v) is 7.70. The molecular formula is C11H20N4O3S. The largest absolute Gasteiger partial charge is 0.383 e. The number of ether oxygens (including phenoxy) is 1. The number of sulfonamides is 1. The van der Waals surface area contributed by atoms with E-state index in [1.807, 2.05) is 0 Å². The summed E-state index contributed by atoms with van der Waals surface area (Å²) in [6.07, 6.45) is 3.88. The third kappa shape index (κ3) is 3.53. The number of nitrogens with zero attached hydrogens (tertiary/aromatic N) is 2. The minimum absolute atomic E-state index is 0.166. The monoisotopic (exact) mass is 288 g/mol. The minimum Gasteiger partial charge on any atom is -0.383 e. The molecule has 0 amide bonds. The number of hydrogen-bond donors (Lipinski definition) is 2. The molecule has 1 aliphatic rings. The van der Waals surface area contributed by atoms with Crippen molar-refractivity contribution >= 4 is 10.0 Å². The molecule has 1 saturated carbocycles. The van der Waals surface area contributed by atoms with Crippen LogP contribution in [0.5, 0.6) is 0 Å². The maximum Gasteiger partial charge on any atom is 0.260 e. The molecule has 2 N–H and O–H groups in total. The quantitative estimate of drug-likeness (QED) is 0.699. The first-order valence-electron chi connectivity index (χ1n) is 6.26. The van der Waals surface area contributed by atoms with Crippen LogP contribution in [0.15, 0.2) is 11.2 Å². The molecule has 0 atom stereocenters. The Morgan fingerprint density at radius 1 is 1.58 bits per heavy atom. The van der Waals surface area contributed by atoms with E-state index in [-0.39, 0.29) is 5.03 Å². The molecule has 0 unspecified atom stereocenters. The predicted molar refractivity (Wildman–Crippen MR) is 70.1 cm³/mol. The molecule has 0 saturated heterocycles. The van der Waals surface area contributed by atoms with Gasteiger partial charge < -0.3 is 10.1 Å². The lowest BCUT2D eigenvalue weighted by Gasteiger charge is -2.16. The summed E-state index contributed by atoms with van der Waals surface area (Å²) >= 11 is 0. The molecule has 1 aliphatic carbocycles. The third-order valence-electron chi connectivity index (χ3n) is 3.12. The normalized spacial score (nSPS) is 16.2. The minimum atomic E-state index is -3.53. The van der Waals surface area contributed by atoms with Crippen molar-refractivity contribution in [2.24, 2.45) is 0 Å². The fourth-order valence-electron chi connectivity index (χ4n) is 1.69. The van der Waals surface area contributed by atoms with Crippen molar-refractivity contribution < 1.29 is 13.2 Å². The molecule has 19 heavy (non-hydrogen) atoms. The van der Waals surface area contributed by atoms with Crippen LogP contribution in [0.4, 0.5) is 0 Å². The number of hydrogen-bond acceptors (Lipinski definition) is 5. The topological polar surface area (TPSA) is 87.3 Å². The van der Waals surface area contributed by atoms with Crippen molar-refractivity contribution in [2.45, 2.75) is 30.5 Å². The van der Waals surface area contributed by atoms with E-state index in [1.165, 1.54) is 11.4 Å². The van der Waals surface area contributed by atoms with Crippen LogP contribution in [0, 0.1) is 0 Å². The van der Waals surface area contributed by atoms with Crippen LogP contribution >= 0.6 is 0 Å². The average molecular weight is 288 g/mol. The fourth-order valence-corrected chi connectivity index (χ4v) is 2.94. The van der Waals surface area contributed by atoms with Crippen LogP contribution in [0.1, 0.15) is 18.4 Å². The summed E-state index contributed by atoms with van der Waals surface area (Å²) < 4.78 is 30.9. The molecule has 7 nitrogen and oxygen atoms in total. The number of nitrogens with one attached hydrogen (secondary N) is 2. The molecule has 1 aromatic heterocycles. The zero-order valence-electron chi connectivity index (χ0n) is 11.2. The molecular weight excluding hydrogens is 268 g/mol. The van der Waals surface area contributed by atoms with Crippen molar-refractivity contribution in [1.82, 2.24) is 19.8 Å². The number of H-pyrrole nitrogens is 1. The van der Waals surface area contributed by atoms with Gasteiger partial charge >= 0.3 is 0 Å².